The van der Waals surface area contributed by atoms with Crippen molar-refractivity contribution in [2.24, 2.45) is 0 Å². The molecule has 0 saturated heterocycles. The van der Waals surface area contributed by atoms with Gasteiger partial charge in [-0.25, -0.2) is 0 Å². The fourth-order valence-electron chi connectivity index (χ4n) is 3.20. The molecule has 0 saturated carbocycles. The first-order valence-electron chi connectivity index (χ1n) is 12.3. The first-order chi connectivity index (χ1) is 19.2. The monoisotopic (exact) mass is 544 g/mol. The Bertz CT molecular complexity index is 1290. The zero-order chi connectivity index (χ0) is 29.1. The lowest BCUT2D eigenvalue weighted by atomic mass is 10.1. The minimum atomic E-state index is -0.612. The van der Waals surface area contributed by atoms with Crippen molar-refractivity contribution in [2.45, 2.75) is 26.7 Å². The molecular formula is C28H28N6O6. The maximum absolute atomic E-state index is 12.4. The fourth-order valence-corrected chi connectivity index (χ4v) is 3.20. The molecule has 0 aliphatic carbocycles. The first-order valence-corrected chi connectivity index (χ1v) is 12.3. The average Bonchev–Trinajstić information content (AvgIpc) is 2.98. The van der Waals surface area contributed by atoms with E-state index in [9.17, 15) is 28.8 Å². The number of nitrogens with one attached hydrogen (secondary N) is 6. The van der Waals surface area contributed by atoms with E-state index in [1.54, 1.807) is 38.1 Å². The van der Waals surface area contributed by atoms with Crippen LogP contribution in [0.5, 0.6) is 0 Å². The number of rotatable bonds is 8. The van der Waals surface area contributed by atoms with E-state index in [4.69, 9.17) is 0 Å². The largest absolute Gasteiger partial charge is 0.326 e. The average molecular weight is 545 g/mol. The van der Waals surface area contributed by atoms with Gasteiger partial charge in [-0.05, 0) is 72.8 Å². The van der Waals surface area contributed by atoms with Crippen LogP contribution in [0.2, 0.25) is 0 Å². The van der Waals surface area contributed by atoms with Crippen LogP contribution >= 0.6 is 0 Å². The lowest BCUT2D eigenvalue weighted by Crippen LogP contribution is -2.42. The summed E-state index contributed by atoms with van der Waals surface area (Å²) in [5, 5.41) is 5.34. The number of hydrogen-bond acceptors (Lipinski definition) is 6. The molecule has 40 heavy (non-hydrogen) atoms. The highest BCUT2D eigenvalue weighted by Gasteiger charge is 2.13. The highest BCUT2D eigenvalue weighted by atomic mass is 16.2. The van der Waals surface area contributed by atoms with Crippen LogP contribution in [0, 0.1) is 0 Å². The minimum absolute atomic E-state index is 0.153. The van der Waals surface area contributed by atoms with Crippen LogP contribution in [0.25, 0.3) is 0 Å². The van der Waals surface area contributed by atoms with Crippen LogP contribution in [-0.2, 0) is 9.59 Å². The van der Waals surface area contributed by atoms with Crippen molar-refractivity contribution in [3.05, 3.63) is 95.1 Å². The number of benzene rings is 3. The van der Waals surface area contributed by atoms with Crippen LogP contribution in [0.1, 0.15) is 68.1 Å². The lowest BCUT2D eigenvalue weighted by Gasteiger charge is -2.10. The number of anilines is 2. The molecule has 0 radical (unpaired) electrons. The Labute approximate surface area is 229 Å². The molecule has 0 fully saturated rings. The second kappa shape index (κ2) is 13.9. The summed E-state index contributed by atoms with van der Waals surface area (Å²) in [4.78, 5) is 72.2. The van der Waals surface area contributed by atoms with Gasteiger partial charge >= 0.3 is 0 Å². The molecule has 6 N–H and O–H groups in total. The molecule has 12 heteroatoms. The minimum Gasteiger partial charge on any atom is -0.326 e. The van der Waals surface area contributed by atoms with Crippen molar-refractivity contribution in [1.82, 2.24) is 21.7 Å². The van der Waals surface area contributed by atoms with Gasteiger partial charge in [-0.2, -0.15) is 0 Å². The number of hydrogen-bond donors (Lipinski definition) is 6. The summed E-state index contributed by atoms with van der Waals surface area (Å²) in [5.41, 5.74) is 11.1. The molecule has 6 amide bonds. The van der Waals surface area contributed by atoms with E-state index in [0.29, 0.717) is 24.2 Å². The van der Waals surface area contributed by atoms with Gasteiger partial charge in [0.2, 0.25) is 11.8 Å². The molecule has 0 aliphatic heterocycles. The van der Waals surface area contributed by atoms with Gasteiger partial charge in [-0.15, -0.1) is 0 Å². The maximum atomic E-state index is 12.4. The van der Waals surface area contributed by atoms with E-state index in [2.05, 4.69) is 32.3 Å². The Morgan fingerprint density at radius 1 is 0.425 bits per heavy atom. The van der Waals surface area contributed by atoms with Crippen LogP contribution in [-0.4, -0.2) is 35.4 Å². The molecule has 3 rings (SSSR count). The molecule has 0 aromatic heterocycles. The van der Waals surface area contributed by atoms with Crippen molar-refractivity contribution >= 4 is 46.8 Å². The zero-order valence-electron chi connectivity index (χ0n) is 21.8. The molecular weight excluding hydrogens is 516 g/mol. The van der Waals surface area contributed by atoms with E-state index < -0.39 is 23.6 Å². The fraction of sp³-hybridized carbons (Fsp3) is 0.143. The predicted octanol–water partition coefficient (Wildman–Crippen LogP) is 2.53. The van der Waals surface area contributed by atoms with Crippen molar-refractivity contribution < 1.29 is 28.8 Å². The summed E-state index contributed by atoms with van der Waals surface area (Å²) >= 11 is 0. The lowest BCUT2D eigenvalue weighted by molar-refractivity contribution is -0.116. The van der Waals surface area contributed by atoms with Crippen LogP contribution in [0.3, 0.4) is 0 Å². The normalized spacial score (nSPS) is 10.1. The standard InChI is InChI=1S/C28H28N6O6/c1-3-23(35)29-21-13-9-19(10-14-21)27(39)33-31-25(37)17-5-7-18(8-6-17)26(38)32-34-28(40)20-11-15-22(16-12-20)30-24(36)4-2/h5-16H,3-4H2,1-2H3,(H,29,35)(H,30,36)(H,31,37)(H,32,38)(H,33,39)(H,34,40). The zero-order valence-corrected chi connectivity index (χ0v) is 21.8. The van der Waals surface area contributed by atoms with Crippen molar-refractivity contribution in [3.63, 3.8) is 0 Å². The van der Waals surface area contributed by atoms with Gasteiger partial charge in [-0.1, -0.05) is 13.8 Å². The Balaban J connectivity index is 1.47. The van der Waals surface area contributed by atoms with Gasteiger partial charge in [0.1, 0.15) is 0 Å². The SMILES string of the molecule is CCC(=O)Nc1ccc(C(=O)NNC(=O)c2ccc(C(=O)NNC(=O)c3ccc(NC(=O)CC)cc3)cc2)cc1. The molecule has 0 bridgehead atoms. The first kappa shape index (κ1) is 29.0. The van der Waals surface area contributed by atoms with Crippen molar-refractivity contribution in [3.8, 4) is 0 Å². The highest BCUT2D eigenvalue weighted by molar-refractivity contribution is 6.02. The Kier molecular flexibility index (Phi) is 10.1. The van der Waals surface area contributed by atoms with Gasteiger partial charge in [0.25, 0.3) is 23.6 Å². The van der Waals surface area contributed by atoms with Crippen LogP contribution < -0.4 is 32.3 Å². The third kappa shape index (κ3) is 8.25. The smallest absolute Gasteiger partial charge is 0.269 e. The molecule has 0 spiro atoms. The van der Waals surface area contributed by atoms with Gasteiger partial charge in [-0.3, -0.25) is 50.5 Å². The third-order valence-corrected chi connectivity index (χ3v) is 5.49. The summed E-state index contributed by atoms with van der Waals surface area (Å²) in [7, 11) is 0. The van der Waals surface area contributed by atoms with E-state index in [1.807, 2.05) is 0 Å². The molecule has 12 nitrogen and oxygen atoms in total. The molecule has 0 heterocycles. The number of amides is 6. The number of carbonyl (C=O) groups is 6. The summed E-state index contributed by atoms with van der Waals surface area (Å²) in [6.45, 7) is 3.45. The summed E-state index contributed by atoms with van der Waals surface area (Å²) < 4.78 is 0. The van der Waals surface area contributed by atoms with E-state index in [1.165, 1.54) is 48.5 Å². The Morgan fingerprint density at radius 2 is 0.650 bits per heavy atom. The van der Waals surface area contributed by atoms with E-state index >= 15 is 0 Å². The van der Waals surface area contributed by atoms with E-state index in [-0.39, 0.29) is 34.1 Å². The van der Waals surface area contributed by atoms with Gasteiger partial charge < -0.3 is 10.6 Å². The van der Waals surface area contributed by atoms with Gasteiger partial charge in [0, 0.05) is 46.5 Å². The van der Waals surface area contributed by atoms with Crippen molar-refractivity contribution in [1.29, 1.82) is 0 Å². The molecule has 3 aromatic carbocycles. The molecule has 206 valence electrons. The second-order valence-corrected chi connectivity index (χ2v) is 8.35. The quantitative estimate of drug-likeness (QED) is 0.238. The van der Waals surface area contributed by atoms with Crippen LogP contribution in [0.4, 0.5) is 11.4 Å². The Hall–Kier alpha value is -5.52. The molecule has 0 aliphatic rings. The third-order valence-electron chi connectivity index (χ3n) is 5.49. The summed E-state index contributed by atoms with van der Waals surface area (Å²) in [5.74, 6) is -2.65. The second-order valence-electron chi connectivity index (χ2n) is 8.35. The number of carbonyl (C=O) groups excluding carboxylic acids is 6. The van der Waals surface area contributed by atoms with Crippen LogP contribution in [0.15, 0.2) is 72.8 Å². The predicted molar refractivity (Wildman–Crippen MR) is 147 cm³/mol. The maximum Gasteiger partial charge on any atom is 0.269 e. The van der Waals surface area contributed by atoms with Gasteiger partial charge in [0.15, 0.2) is 0 Å². The summed E-state index contributed by atoms with van der Waals surface area (Å²) in [6.07, 6.45) is 0.656. The molecule has 3 aromatic rings. The highest BCUT2D eigenvalue weighted by Crippen LogP contribution is 2.11. The van der Waals surface area contributed by atoms with Crippen molar-refractivity contribution in [2.75, 3.05) is 10.6 Å². The topological polar surface area (TPSA) is 175 Å². The summed E-state index contributed by atoms with van der Waals surface area (Å²) in [6, 6.07) is 17.8. The molecule has 0 unspecified atom stereocenters. The molecule has 0 atom stereocenters. The Morgan fingerprint density at radius 3 is 0.875 bits per heavy atom. The van der Waals surface area contributed by atoms with E-state index in [0.717, 1.165) is 0 Å². The number of hydrazine groups is 2. The van der Waals surface area contributed by atoms with Gasteiger partial charge in [0.05, 0.1) is 0 Å².